The van der Waals surface area contributed by atoms with Gasteiger partial charge in [-0.05, 0) is 50.1 Å². The van der Waals surface area contributed by atoms with Crippen LogP contribution in [-0.4, -0.2) is 61.7 Å². The lowest BCUT2D eigenvalue weighted by Crippen LogP contribution is -2.52. The Morgan fingerprint density at radius 1 is 1.05 bits per heavy atom. The van der Waals surface area contributed by atoms with Gasteiger partial charge in [-0.3, -0.25) is 0 Å². The lowest BCUT2D eigenvalue weighted by molar-refractivity contribution is 0.0705. The summed E-state index contributed by atoms with van der Waals surface area (Å²) in [4.78, 5) is 5.35. The van der Waals surface area contributed by atoms with Gasteiger partial charge in [0.25, 0.3) is 0 Å². The highest BCUT2D eigenvalue weighted by molar-refractivity contribution is 4.90. The van der Waals surface area contributed by atoms with Crippen molar-refractivity contribution in [2.75, 3.05) is 45.8 Å². The van der Waals surface area contributed by atoms with E-state index in [-0.39, 0.29) is 0 Å². The van der Waals surface area contributed by atoms with Crippen molar-refractivity contribution < 1.29 is 0 Å². The van der Waals surface area contributed by atoms with Crippen LogP contribution >= 0.6 is 0 Å². The molecular formula is C18H37N3. The smallest absolute Gasteiger partial charge is 0.0110 e. The predicted octanol–water partition coefficient (Wildman–Crippen LogP) is 2.82. The maximum absolute atomic E-state index is 3.75. The van der Waals surface area contributed by atoms with E-state index in [2.05, 4.69) is 42.8 Å². The molecule has 1 heterocycles. The van der Waals surface area contributed by atoms with Crippen LogP contribution in [0.25, 0.3) is 0 Å². The lowest BCUT2D eigenvalue weighted by atomic mass is 9.69. The van der Waals surface area contributed by atoms with Crippen molar-refractivity contribution in [1.29, 1.82) is 0 Å². The van der Waals surface area contributed by atoms with Crippen molar-refractivity contribution in [3.63, 3.8) is 0 Å². The molecule has 1 N–H and O–H groups in total. The van der Waals surface area contributed by atoms with Crippen molar-refractivity contribution >= 4 is 0 Å². The molecule has 2 unspecified atom stereocenters. The van der Waals surface area contributed by atoms with Crippen LogP contribution in [0.2, 0.25) is 0 Å². The number of rotatable bonds is 6. The monoisotopic (exact) mass is 295 g/mol. The van der Waals surface area contributed by atoms with E-state index in [9.17, 15) is 0 Å². The van der Waals surface area contributed by atoms with E-state index in [1.807, 2.05) is 0 Å². The molecule has 0 bridgehead atoms. The summed E-state index contributed by atoms with van der Waals surface area (Å²) in [5.41, 5.74) is 0.542. The Morgan fingerprint density at radius 3 is 2.33 bits per heavy atom. The molecule has 1 aliphatic carbocycles. The number of hydrogen-bond acceptors (Lipinski definition) is 3. The Morgan fingerprint density at radius 2 is 1.71 bits per heavy atom. The third-order valence-corrected chi connectivity index (χ3v) is 5.48. The second-order valence-electron chi connectivity index (χ2n) is 7.97. The van der Waals surface area contributed by atoms with Gasteiger partial charge in [-0.15, -0.1) is 0 Å². The fourth-order valence-corrected chi connectivity index (χ4v) is 4.30. The minimum atomic E-state index is 0.542. The van der Waals surface area contributed by atoms with Crippen LogP contribution in [0.5, 0.6) is 0 Å². The van der Waals surface area contributed by atoms with Crippen LogP contribution < -0.4 is 5.32 Å². The summed E-state index contributed by atoms with van der Waals surface area (Å²) in [5.74, 6) is 0.839. The number of piperazine rings is 1. The molecule has 0 aromatic rings. The minimum Gasteiger partial charge on any atom is -0.314 e. The highest BCUT2D eigenvalue weighted by atomic mass is 15.3. The van der Waals surface area contributed by atoms with E-state index >= 15 is 0 Å². The maximum atomic E-state index is 3.75. The largest absolute Gasteiger partial charge is 0.314 e. The SMILES string of the molecule is CCCN1CCN(CC2CC(C)(C)CCC2NCC)CC1. The van der Waals surface area contributed by atoms with E-state index in [0.717, 1.165) is 18.5 Å². The Hall–Kier alpha value is -0.120. The number of hydrogen-bond donors (Lipinski definition) is 1. The third-order valence-electron chi connectivity index (χ3n) is 5.48. The first-order chi connectivity index (χ1) is 10.0. The van der Waals surface area contributed by atoms with Crippen LogP contribution in [0.1, 0.15) is 53.4 Å². The molecule has 2 fully saturated rings. The topological polar surface area (TPSA) is 18.5 Å². The Kier molecular flexibility index (Phi) is 6.51. The average molecular weight is 296 g/mol. The van der Waals surface area contributed by atoms with Gasteiger partial charge in [-0.2, -0.15) is 0 Å². The minimum absolute atomic E-state index is 0.542. The van der Waals surface area contributed by atoms with Crippen molar-refractivity contribution in [2.24, 2.45) is 11.3 Å². The summed E-state index contributed by atoms with van der Waals surface area (Å²) in [5, 5.41) is 3.75. The molecule has 0 radical (unpaired) electrons. The molecule has 0 spiro atoms. The number of nitrogens with one attached hydrogen (secondary N) is 1. The standard InChI is InChI=1S/C18H37N3/c1-5-9-20-10-12-21(13-11-20)15-16-14-18(3,4)8-7-17(16)19-6-2/h16-17,19H,5-15H2,1-4H3. The zero-order valence-electron chi connectivity index (χ0n) is 14.8. The van der Waals surface area contributed by atoms with Gasteiger partial charge in [0, 0.05) is 38.8 Å². The van der Waals surface area contributed by atoms with E-state index < -0.39 is 0 Å². The second kappa shape index (κ2) is 7.94. The fourth-order valence-electron chi connectivity index (χ4n) is 4.30. The molecule has 1 aliphatic heterocycles. The summed E-state index contributed by atoms with van der Waals surface area (Å²) in [6.45, 7) is 18.3. The molecule has 3 heteroatoms. The van der Waals surface area contributed by atoms with Gasteiger partial charge in [-0.25, -0.2) is 0 Å². The summed E-state index contributed by atoms with van der Waals surface area (Å²) < 4.78 is 0. The van der Waals surface area contributed by atoms with Crippen LogP contribution in [-0.2, 0) is 0 Å². The van der Waals surface area contributed by atoms with Gasteiger partial charge in [0.2, 0.25) is 0 Å². The Balaban J connectivity index is 1.84. The Bertz CT molecular complexity index is 295. The number of nitrogens with zero attached hydrogens (tertiary/aromatic N) is 2. The van der Waals surface area contributed by atoms with E-state index in [0.29, 0.717) is 5.41 Å². The van der Waals surface area contributed by atoms with Crippen LogP contribution in [0, 0.1) is 11.3 Å². The molecule has 2 aliphatic rings. The zero-order valence-corrected chi connectivity index (χ0v) is 14.8. The third kappa shape index (κ3) is 5.22. The van der Waals surface area contributed by atoms with Crippen LogP contribution in [0.3, 0.4) is 0 Å². The van der Waals surface area contributed by atoms with Gasteiger partial charge >= 0.3 is 0 Å². The molecule has 21 heavy (non-hydrogen) atoms. The lowest BCUT2D eigenvalue weighted by Gasteiger charge is -2.44. The molecule has 0 aromatic carbocycles. The van der Waals surface area contributed by atoms with Gasteiger partial charge < -0.3 is 15.1 Å². The van der Waals surface area contributed by atoms with Crippen molar-refractivity contribution in [1.82, 2.24) is 15.1 Å². The summed E-state index contributed by atoms with van der Waals surface area (Å²) in [6.07, 6.45) is 5.42. The molecular weight excluding hydrogens is 258 g/mol. The molecule has 1 saturated carbocycles. The first kappa shape index (κ1) is 17.2. The highest BCUT2D eigenvalue weighted by Gasteiger charge is 2.35. The normalized spacial score (nSPS) is 31.4. The van der Waals surface area contributed by atoms with Crippen molar-refractivity contribution in [3.05, 3.63) is 0 Å². The molecule has 0 aromatic heterocycles. The van der Waals surface area contributed by atoms with Crippen molar-refractivity contribution in [2.45, 2.75) is 59.4 Å². The summed E-state index contributed by atoms with van der Waals surface area (Å²) in [6, 6.07) is 0.747. The van der Waals surface area contributed by atoms with Gasteiger partial charge in [-0.1, -0.05) is 27.7 Å². The molecule has 3 nitrogen and oxygen atoms in total. The summed E-state index contributed by atoms with van der Waals surface area (Å²) in [7, 11) is 0. The van der Waals surface area contributed by atoms with E-state index in [1.165, 1.54) is 65.0 Å². The van der Waals surface area contributed by atoms with Gasteiger partial charge in [0.05, 0.1) is 0 Å². The second-order valence-corrected chi connectivity index (χ2v) is 7.97. The molecule has 1 saturated heterocycles. The summed E-state index contributed by atoms with van der Waals surface area (Å²) >= 11 is 0. The quantitative estimate of drug-likeness (QED) is 0.813. The fraction of sp³-hybridized carbons (Fsp3) is 1.00. The molecule has 2 atom stereocenters. The van der Waals surface area contributed by atoms with Crippen LogP contribution in [0.4, 0.5) is 0 Å². The maximum Gasteiger partial charge on any atom is 0.0110 e. The van der Waals surface area contributed by atoms with Crippen molar-refractivity contribution in [3.8, 4) is 0 Å². The zero-order chi connectivity index (χ0) is 15.3. The first-order valence-corrected chi connectivity index (χ1v) is 9.22. The molecule has 0 amide bonds. The van der Waals surface area contributed by atoms with Crippen LogP contribution in [0.15, 0.2) is 0 Å². The average Bonchev–Trinajstić information content (AvgIpc) is 2.44. The Labute approximate surface area is 132 Å². The molecule has 2 rings (SSSR count). The molecule has 124 valence electrons. The van der Waals surface area contributed by atoms with E-state index in [1.54, 1.807) is 0 Å². The van der Waals surface area contributed by atoms with Gasteiger partial charge in [0.15, 0.2) is 0 Å². The first-order valence-electron chi connectivity index (χ1n) is 9.22. The highest BCUT2D eigenvalue weighted by Crippen LogP contribution is 2.39. The van der Waals surface area contributed by atoms with E-state index in [4.69, 9.17) is 0 Å². The van der Waals surface area contributed by atoms with Gasteiger partial charge in [0.1, 0.15) is 0 Å². The predicted molar refractivity (Wildman–Crippen MR) is 91.8 cm³/mol.